The van der Waals surface area contributed by atoms with Gasteiger partial charge in [0.15, 0.2) is 12.2 Å². The van der Waals surface area contributed by atoms with Gasteiger partial charge in [0.2, 0.25) is 0 Å². The molecule has 5 atom stereocenters. The first kappa shape index (κ1) is 94.1. The summed E-state index contributed by atoms with van der Waals surface area (Å²) in [6.07, 6.45) is 57.1. The molecule has 0 aliphatic heterocycles. The summed E-state index contributed by atoms with van der Waals surface area (Å²) in [6, 6.07) is 0. The summed E-state index contributed by atoms with van der Waals surface area (Å²) >= 11 is 0. The number of hydrogen-bond donors (Lipinski definition) is 3. The lowest BCUT2D eigenvalue weighted by atomic mass is 10.0. The molecule has 0 spiro atoms. The van der Waals surface area contributed by atoms with Gasteiger partial charge < -0.3 is 33.8 Å². The van der Waals surface area contributed by atoms with Crippen molar-refractivity contribution in [2.75, 3.05) is 39.6 Å². The highest BCUT2D eigenvalue weighted by Crippen LogP contribution is 2.45. The SMILES string of the molecule is CCCCCCCCCCCCCCCCCCCCCCC(=O)O[C@H](COC(=O)CCCCCCCCCCCCCCCCC)COP(=O)(O)OC[C@@H](O)COP(=O)(O)OC[C@@H](COC(=O)CCCCCCCCCC(C)C)OC(=O)CCCCCCCCCCC(C)C. The van der Waals surface area contributed by atoms with E-state index in [-0.39, 0.29) is 25.7 Å². The highest BCUT2D eigenvalue weighted by Gasteiger charge is 2.30. The summed E-state index contributed by atoms with van der Waals surface area (Å²) in [6.45, 7) is 9.50. The largest absolute Gasteiger partial charge is 0.472 e. The van der Waals surface area contributed by atoms with E-state index in [0.717, 1.165) is 102 Å². The Morgan fingerprint density at radius 1 is 0.281 bits per heavy atom. The van der Waals surface area contributed by atoms with E-state index >= 15 is 0 Å². The fourth-order valence-electron chi connectivity index (χ4n) is 11.8. The smallest absolute Gasteiger partial charge is 0.462 e. The Balaban J connectivity index is 5.21. The first-order chi connectivity index (χ1) is 46.4. The minimum absolute atomic E-state index is 0.104. The molecule has 0 amide bonds. The fourth-order valence-corrected chi connectivity index (χ4v) is 13.4. The summed E-state index contributed by atoms with van der Waals surface area (Å²) in [5.74, 6) is -0.694. The maximum Gasteiger partial charge on any atom is 0.472 e. The second-order valence-electron chi connectivity index (χ2n) is 28.7. The van der Waals surface area contributed by atoms with Crippen LogP contribution in [0.4, 0.5) is 0 Å². The summed E-state index contributed by atoms with van der Waals surface area (Å²) in [7, 11) is -9.91. The molecule has 0 heterocycles. The molecule has 0 saturated carbocycles. The lowest BCUT2D eigenvalue weighted by Gasteiger charge is -2.21. The van der Waals surface area contributed by atoms with Crippen molar-refractivity contribution in [2.24, 2.45) is 11.8 Å². The summed E-state index contributed by atoms with van der Waals surface area (Å²) in [4.78, 5) is 72.8. The molecular weight excluding hydrogens is 1260 g/mol. The Hall–Kier alpha value is -1.94. The maximum atomic E-state index is 13.1. The van der Waals surface area contributed by atoms with E-state index in [1.54, 1.807) is 0 Å². The molecule has 17 nitrogen and oxygen atoms in total. The lowest BCUT2D eigenvalue weighted by molar-refractivity contribution is -0.161. The lowest BCUT2D eigenvalue weighted by Crippen LogP contribution is -2.30. The fraction of sp³-hybridized carbons (Fsp3) is 0.948. The molecule has 0 fully saturated rings. The van der Waals surface area contributed by atoms with E-state index in [9.17, 15) is 43.2 Å². The van der Waals surface area contributed by atoms with Crippen molar-refractivity contribution in [3.8, 4) is 0 Å². The monoisotopic (exact) mass is 1410 g/mol. The van der Waals surface area contributed by atoms with Crippen molar-refractivity contribution in [1.82, 2.24) is 0 Å². The van der Waals surface area contributed by atoms with Gasteiger partial charge in [-0.3, -0.25) is 37.3 Å². The van der Waals surface area contributed by atoms with Crippen LogP contribution < -0.4 is 0 Å². The number of aliphatic hydroxyl groups excluding tert-OH is 1. The van der Waals surface area contributed by atoms with Gasteiger partial charge in [0.05, 0.1) is 26.4 Å². The van der Waals surface area contributed by atoms with Crippen molar-refractivity contribution >= 4 is 39.5 Å². The predicted molar refractivity (Wildman–Crippen MR) is 391 cm³/mol. The van der Waals surface area contributed by atoms with Crippen LogP contribution >= 0.6 is 15.6 Å². The van der Waals surface area contributed by atoms with Crippen LogP contribution in [-0.4, -0.2) is 96.7 Å². The van der Waals surface area contributed by atoms with Crippen LogP contribution in [0.5, 0.6) is 0 Å². The molecule has 0 rings (SSSR count). The van der Waals surface area contributed by atoms with E-state index in [1.807, 2.05) is 0 Å². The van der Waals surface area contributed by atoms with Crippen molar-refractivity contribution in [2.45, 2.75) is 419 Å². The minimum Gasteiger partial charge on any atom is -0.462 e. The standard InChI is InChI=1S/C77H150O17P2/c1-7-9-11-13-15-17-19-21-23-24-25-26-27-29-31-33-35-42-49-55-61-76(81)93-72(65-87-74(79)59-53-47-41-34-32-30-28-22-20-18-16-14-12-10-8-2)67-91-95(83,84)89-63-71(78)64-90-96(85,86)92-68-73(66-88-75(80)60-54-48-44-38-40-46-52-58-70(5)6)94-77(82)62-56-50-43-37-36-39-45-51-57-69(3)4/h69-73,78H,7-68H2,1-6H3,(H,83,84)(H,85,86)/t71-,72-,73-/m1/s1. The molecule has 0 bridgehead atoms. The number of phosphoric acid groups is 2. The first-order valence-corrected chi connectivity index (χ1v) is 43.0. The van der Waals surface area contributed by atoms with Gasteiger partial charge in [-0.15, -0.1) is 0 Å². The van der Waals surface area contributed by atoms with E-state index < -0.39 is 97.5 Å². The Bertz CT molecular complexity index is 1860. The van der Waals surface area contributed by atoms with Gasteiger partial charge >= 0.3 is 39.5 Å². The van der Waals surface area contributed by atoms with Crippen LogP contribution in [-0.2, 0) is 65.4 Å². The molecule has 0 radical (unpaired) electrons. The molecule has 2 unspecified atom stereocenters. The van der Waals surface area contributed by atoms with Crippen molar-refractivity contribution in [3.63, 3.8) is 0 Å². The zero-order valence-electron chi connectivity index (χ0n) is 62.7. The van der Waals surface area contributed by atoms with E-state index in [2.05, 4.69) is 41.5 Å². The molecule has 0 saturated heterocycles. The van der Waals surface area contributed by atoms with Gasteiger partial charge in [0.25, 0.3) is 0 Å². The molecule has 0 aliphatic carbocycles. The quantitative estimate of drug-likeness (QED) is 0.0222. The van der Waals surface area contributed by atoms with Gasteiger partial charge in [-0.25, -0.2) is 9.13 Å². The van der Waals surface area contributed by atoms with Gasteiger partial charge in [0, 0.05) is 25.7 Å². The number of hydrogen-bond acceptors (Lipinski definition) is 15. The molecule has 96 heavy (non-hydrogen) atoms. The molecule has 0 aromatic heterocycles. The zero-order valence-corrected chi connectivity index (χ0v) is 64.5. The molecule has 3 N–H and O–H groups in total. The van der Waals surface area contributed by atoms with Crippen LogP contribution in [0, 0.1) is 11.8 Å². The maximum absolute atomic E-state index is 13.1. The van der Waals surface area contributed by atoms with E-state index in [0.29, 0.717) is 31.6 Å². The first-order valence-electron chi connectivity index (χ1n) is 40.0. The van der Waals surface area contributed by atoms with Crippen LogP contribution in [0.3, 0.4) is 0 Å². The number of ether oxygens (including phenoxy) is 4. The number of carbonyl (C=O) groups excluding carboxylic acids is 4. The summed E-state index contributed by atoms with van der Waals surface area (Å²) in [5, 5.41) is 10.6. The van der Waals surface area contributed by atoms with E-state index in [4.69, 9.17) is 37.0 Å². The molecule has 0 aromatic rings. The average Bonchev–Trinajstić information content (AvgIpc) is 2.35. The topological polar surface area (TPSA) is 237 Å². The van der Waals surface area contributed by atoms with Crippen molar-refractivity contribution < 1.29 is 80.2 Å². The Kier molecular flexibility index (Phi) is 67.4. The highest BCUT2D eigenvalue weighted by atomic mass is 31.2. The number of carbonyl (C=O) groups is 4. The molecule has 570 valence electrons. The molecule has 0 aromatic carbocycles. The molecular formula is C77H150O17P2. The molecule has 0 aliphatic rings. The minimum atomic E-state index is -4.96. The average molecular weight is 1410 g/mol. The Morgan fingerprint density at radius 2 is 0.479 bits per heavy atom. The normalized spacial score (nSPS) is 14.0. The molecule has 19 heteroatoms. The van der Waals surface area contributed by atoms with Crippen molar-refractivity contribution in [3.05, 3.63) is 0 Å². The Labute approximate surface area is 588 Å². The number of esters is 4. The van der Waals surface area contributed by atoms with Gasteiger partial charge in [-0.05, 0) is 37.5 Å². The summed E-state index contributed by atoms with van der Waals surface area (Å²) < 4.78 is 68.5. The van der Waals surface area contributed by atoms with Gasteiger partial charge in [0.1, 0.15) is 19.3 Å². The van der Waals surface area contributed by atoms with Crippen LogP contribution in [0.2, 0.25) is 0 Å². The summed E-state index contributed by atoms with van der Waals surface area (Å²) in [5.41, 5.74) is 0. The van der Waals surface area contributed by atoms with Crippen molar-refractivity contribution in [1.29, 1.82) is 0 Å². The van der Waals surface area contributed by atoms with Crippen LogP contribution in [0.1, 0.15) is 401 Å². The van der Waals surface area contributed by atoms with Gasteiger partial charge in [-0.1, -0.05) is 350 Å². The van der Waals surface area contributed by atoms with E-state index in [1.165, 1.54) is 212 Å². The second-order valence-corrected chi connectivity index (χ2v) is 31.6. The third-order valence-corrected chi connectivity index (χ3v) is 19.9. The van der Waals surface area contributed by atoms with Crippen LogP contribution in [0.25, 0.3) is 0 Å². The number of rotatable bonds is 76. The zero-order chi connectivity index (χ0) is 70.7. The predicted octanol–water partition coefficient (Wildman–Crippen LogP) is 22.7. The number of phosphoric ester groups is 2. The van der Waals surface area contributed by atoms with Crippen LogP contribution in [0.15, 0.2) is 0 Å². The second kappa shape index (κ2) is 68.8. The third-order valence-electron chi connectivity index (χ3n) is 18.0. The number of unbranched alkanes of at least 4 members (excludes halogenated alkanes) is 46. The van der Waals surface area contributed by atoms with Gasteiger partial charge in [-0.2, -0.15) is 0 Å². The highest BCUT2D eigenvalue weighted by molar-refractivity contribution is 7.47. The third kappa shape index (κ3) is 70.5. The Morgan fingerprint density at radius 3 is 0.708 bits per heavy atom. The number of aliphatic hydroxyl groups is 1.